The Balaban J connectivity index is 2.66. The van der Waals surface area contributed by atoms with Crippen LogP contribution in [0.2, 0.25) is 0 Å². The molecule has 3 nitrogen and oxygen atoms in total. The van der Waals surface area contributed by atoms with Gasteiger partial charge in [0.25, 0.3) is 0 Å². The summed E-state index contributed by atoms with van der Waals surface area (Å²) in [7, 11) is 3.44. The molecule has 3 heteroatoms. The summed E-state index contributed by atoms with van der Waals surface area (Å²) in [4.78, 5) is 13.6. The molecule has 1 aromatic rings. The fourth-order valence-electron chi connectivity index (χ4n) is 1.57. The van der Waals surface area contributed by atoms with Crippen LogP contribution in [0.1, 0.15) is 26.3 Å². The van der Waals surface area contributed by atoms with E-state index < -0.39 is 0 Å². The van der Waals surface area contributed by atoms with Crippen molar-refractivity contribution in [1.82, 2.24) is 4.90 Å². The Labute approximate surface area is 115 Å². The minimum Gasteiger partial charge on any atom is -0.497 e. The maximum atomic E-state index is 12.0. The molecule has 0 aromatic heterocycles. The van der Waals surface area contributed by atoms with E-state index in [0.29, 0.717) is 6.54 Å². The lowest BCUT2D eigenvalue weighted by molar-refractivity contribution is -0.125. The summed E-state index contributed by atoms with van der Waals surface area (Å²) in [5, 5.41) is 0. The molecule has 104 valence electrons. The van der Waals surface area contributed by atoms with E-state index in [4.69, 9.17) is 4.74 Å². The third-order valence-corrected chi connectivity index (χ3v) is 2.66. The van der Waals surface area contributed by atoms with Gasteiger partial charge in [-0.05, 0) is 29.2 Å². The number of nitrogens with zero attached hydrogens (tertiary/aromatic N) is 1. The minimum absolute atomic E-state index is 0.0118. The van der Waals surface area contributed by atoms with Gasteiger partial charge in [-0.25, -0.2) is 0 Å². The zero-order valence-electron chi connectivity index (χ0n) is 12.4. The number of amides is 1. The number of likely N-dealkylation sites (N-methyl/N-ethyl adjacent to an activating group) is 1. The summed E-state index contributed by atoms with van der Waals surface area (Å²) in [5.41, 5.74) is 1.08. The maximum Gasteiger partial charge on any atom is 0.246 e. The van der Waals surface area contributed by atoms with Crippen LogP contribution in [0.4, 0.5) is 0 Å². The van der Waals surface area contributed by atoms with Gasteiger partial charge in [0.2, 0.25) is 5.91 Å². The van der Waals surface area contributed by atoms with Crippen LogP contribution in [0.25, 0.3) is 0 Å². The molecule has 0 saturated carbocycles. The van der Waals surface area contributed by atoms with Crippen molar-refractivity contribution in [2.75, 3.05) is 14.2 Å². The summed E-state index contributed by atoms with van der Waals surface area (Å²) in [6.45, 7) is 6.78. The van der Waals surface area contributed by atoms with Crippen molar-refractivity contribution in [3.63, 3.8) is 0 Å². The average Bonchev–Trinajstić information content (AvgIpc) is 2.35. The van der Waals surface area contributed by atoms with Crippen LogP contribution < -0.4 is 4.74 Å². The molecular weight excluding hydrogens is 238 g/mol. The molecule has 0 unspecified atom stereocenters. The van der Waals surface area contributed by atoms with Crippen molar-refractivity contribution in [1.29, 1.82) is 0 Å². The van der Waals surface area contributed by atoms with Crippen molar-refractivity contribution in [2.24, 2.45) is 5.41 Å². The normalized spacial score (nSPS) is 11.6. The van der Waals surface area contributed by atoms with Gasteiger partial charge in [0, 0.05) is 13.6 Å². The molecule has 0 aliphatic heterocycles. The maximum absolute atomic E-state index is 12.0. The van der Waals surface area contributed by atoms with E-state index in [1.54, 1.807) is 25.1 Å². The molecule has 19 heavy (non-hydrogen) atoms. The van der Waals surface area contributed by atoms with Crippen LogP contribution >= 0.6 is 0 Å². The highest BCUT2D eigenvalue weighted by molar-refractivity contribution is 5.87. The zero-order chi connectivity index (χ0) is 14.5. The SMILES string of the molecule is COc1cccc(CN(C)C(=O)C=CC(C)(C)C)c1. The van der Waals surface area contributed by atoms with Crippen LogP contribution in [0.3, 0.4) is 0 Å². The average molecular weight is 261 g/mol. The second-order valence-electron chi connectivity index (χ2n) is 5.75. The highest BCUT2D eigenvalue weighted by Gasteiger charge is 2.09. The molecule has 0 aliphatic rings. The number of ether oxygens (including phenoxy) is 1. The van der Waals surface area contributed by atoms with Gasteiger partial charge in [0.15, 0.2) is 0 Å². The Morgan fingerprint density at radius 3 is 2.63 bits per heavy atom. The van der Waals surface area contributed by atoms with Crippen molar-refractivity contribution < 1.29 is 9.53 Å². The molecular formula is C16H23NO2. The Kier molecular flexibility index (Phi) is 5.16. The molecule has 0 saturated heterocycles. The number of allylic oxidation sites excluding steroid dienone is 1. The summed E-state index contributed by atoms with van der Waals surface area (Å²) in [5.74, 6) is 0.821. The van der Waals surface area contributed by atoms with Gasteiger partial charge < -0.3 is 9.64 Å². The highest BCUT2D eigenvalue weighted by Crippen LogP contribution is 2.16. The van der Waals surface area contributed by atoms with Gasteiger partial charge in [0.1, 0.15) is 5.75 Å². The first-order chi connectivity index (χ1) is 8.81. The number of methoxy groups -OCH3 is 1. The van der Waals surface area contributed by atoms with E-state index >= 15 is 0 Å². The van der Waals surface area contributed by atoms with Crippen LogP contribution in [-0.2, 0) is 11.3 Å². The molecule has 0 radical (unpaired) electrons. The zero-order valence-corrected chi connectivity index (χ0v) is 12.4. The van der Waals surface area contributed by atoms with E-state index in [1.807, 2.05) is 30.3 Å². The number of hydrogen-bond donors (Lipinski definition) is 0. The van der Waals surface area contributed by atoms with Gasteiger partial charge >= 0.3 is 0 Å². The molecule has 0 bridgehead atoms. The third kappa shape index (κ3) is 5.60. The van der Waals surface area contributed by atoms with Gasteiger partial charge in [-0.1, -0.05) is 39.0 Å². The molecule has 0 heterocycles. The quantitative estimate of drug-likeness (QED) is 0.779. The van der Waals surface area contributed by atoms with E-state index in [-0.39, 0.29) is 11.3 Å². The monoisotopic (exact) mass is 261 g/mol. The van der Waals surface area contributed by atoms with E-state index in [9.17, 15) is 4.79 Å². The standard InChI is InChI=1S/C16H23NO2/c1-16(2,3)10-9-15(18)17(4)12-13-7-6-8-14(11-13)19-5/h6-11H,12H2,1-5H3. The molecule has 1 amide bonds. The molecule has 0 spiro atoms. The number of benzene rings is 1. The fourth-order valence-corrected chi connectivity index (χ4v) is 1.57. The Morgan fingerprint density at radius 1 is 1.37 bits per heavy atom. The van der Waals surface area contributed by atoms with Gasteiger partial charge in [-0.2, -0.15) is 0 Å². The number of hydrogen-bond acceptors (Lipinski definition) is 2. The van der Waals surface area contributed by atoms with Crippen molar-refractivity contribution in [3.8, 4) is 5.75 Å². The molecule has 0 fully saturated rings. The van der Waals surface area contributed by atoms with Crippen LogP contribution in [-0.4, -0.2) is 25.0 Å². The molecule has 1 aromatic carbocycles. The molecule has 0 N–H and O–H groups in total. The Morgan fingerprint density at radius 2 is 2.05 bits per heavy atom. The Bertz CT molecular complexity index is 458. The number of rotatable bonds is 4. The fraction of sp³-hybridized carbons (Fsp3) is 0.438. The van der Waals surface area contributed by atoms with Crippen LogP contribution in [0.5, 0.6) is 5.75 Å². The van der Waals surface area contributed by atoms with E-state index in [2.05, 4.69) is 20.8 Å². The first-order valence-electron chi connectivity index (χ1n) is 6.39. The topological polar surface area (TPSA) is 29.5 Å². The van der Waals surface area contributed by atoms with Gasteiger partial charge in [0.05, 0.1) is 7.11 Å². The van der Waals surface area contributed by atoms with Gasteiger partial charge in [-0.15, -0.1) is 0 Å². The van der Waals surface area contributed by atoms with Crippen molar-refractivity contribution >= 4 is 5.91 Å². The Hall–Kier alpha value is -1.77. The number of carbonyl (C=O) groups is 1. The first kappa shape index (κ1) is 15.3. The van der Waals surface area contributed by atoms with Crippen LogP contribution in [0.15, 0.2) is 36.4 Å². The predicted molar refractivity (Wildman–Crippen MR) is 78.1 cm³/mol. The van der Waals surface area contributed by atoms with Crippen molar-refractivity contribution in [2.45, 2.75) is 27.3 Å². The summed E-state index contributed by atoms with van der Waals surface area (Å²) >= 11 is 0. The minimum atomic E-state index is 0.0118. The predicted octanol–water partition coefficient (Wildman–Crippen LogP) is 3.26. The van der Waals surface area contributed by atoms with Crippen molar-refractivity contribution in [3.05, 3.63) is 42.0 Å². The third-order valence-electron chi connectivity index (χ3n) is 2.66. The summed E-state index contributed by atoms with van der Waals surface area (Å²) in [6, 6.07) is 7.75. The van der Waals surface area contributed by atoms with E-state index in [1.165, 1.54) is 0 Å². The lowest BCUT2D eigenvalue weighted by Crippen LogP contribution is -2.24. The van der Waals surface area contributed by atoms with Crippen LogP contribution in [0, 0.1) is 5.41 Å². The molecule has 0 aliphatic carbocycles. The highest BCUT2D eigenvalue weighted by atomic mass is 16.5. The number of carbonyl (C=O) groups excluding carboxylic acids is 1. The molecule has 1 rings (SSSR count). The summed E-state index contributed by atoms with van der Waals surface area (Å²) in [6.07, 6.45) is 3.57. The first-order valence-corrected chi connectivity index (χ1v) is 6.39. The lowest BCUT2D eigenvalue weighted by Gasteiger charge is -2.17. The lowest BCUT2D eigenvalue weighted by atomic mass is 9.96. The van der Waals surface area contributed by atoms with Gasteiger partial charge in [-0.3, -0.25) is 4.79 Å². The van der Waals surface area contributed by atoms with E-state index in [0.717, 1.165) is 11.3 Å². The molecule has 0 atom stereocenters. The largest absolute Gasteiger partial charge is 0.497 e. The second-order valence-corrected chi connectivity index (χ2v) is 5.75. The second kappa shape index (κ2) is 6.41. The summed E-state index contributed by atoms with van der Waals surface area (Å²) < 4.78 is 5.17. The smallest absolute Gasteiger partial charge is 0.246 e.